The van der Waals surface area contributed by atoms with Crippen molar-refractivity contribution in [3.05, 3.63) is 12.2 Å². The molecule has 0 aliphatic carbocycles. The minimum absolute atomic E-state index is 0.00704. The fourth-order valence-corrected chi connectivity index (χ4v) is 0.615. The van der Waals surface area contributed by atoms with Gasteiger partial charge in [0.05, 0.1) is 0 Å². The van der Waals surface area contributed by atoms with Gasteiger partial charge in [0.15, 0.2) is 5.78 Å². The van der Waals surface area contributed by atoms with Gasteiger partial charge in [-0.05, 0) is 18.4 Å². The molecule has 62 valence electrons. The average Bonchev–Trinajstić information content (AvgIpc) is 1.99. The van der Waals surface area contributed by atoms with E-state index in [2.05, 4.69) is 0 Å². The summed E-state index contributed by atoms with van der Waals surface area (Å²) in [5.74, 6) is -0.0340. The predicted octanol–water partition coefficient (Wildman–Crippen LogP) is 1.66. The molecule has 2 nitrogen and oxygen atoms in total. The second-order valence-corrected chi connectivity index (χ2v) is 3.22. The fraction of sp³-hybridized carbons (Fsp3) is 0.500. The van der Waals surface area contributed by atoms with Crippen LogP contribution in [0.5, 0.6) is 0 Å². The van der Waals surface area contributed by atoms with E-state index in [0.717, 1.165) is 11.8 Å². The molecule has 0 aromatic carbocycles. The molecule has 0 saturated carbocycles. The third kappa shape index (κ3) is 4.79. The van der Waals surface area contributed by atoms with Crippen molar-refractivity contribution >= 4 is 22.7 Å². The first kappa shape index (κ1) is 10.4. The lowest BCUT2D eigenvalue weighted by Crippen LogP contribution is -2.02. The molecule has 0 radical (unpaired) electrons. The maximum Gasteiger partial charge on any atom is 0.212 e. The van der Waals surface area contributed by atoms with E-state index in [1.165, 1.54) is 12.2 Å². The molecule has 0 aliphatic heterocycles. The molecule has 0 saturated heterocycles. The summed E-state index contributed by atoms with van der Waals surface area (Å²) in [4.78, 5) is 21.6. The molecule has 0 amide bonds. The Kier molecular flexibility index (Phi) is 4.86. The highest BCUT2D eigenvalue weighted by atomic mass is 32.2. The first-order valence-electron chi connectivity index (χ1n) is 3.37. The largest absolute Gasteiger partial charge is 0.295 e. The van der Waals surface area contributed by atoms with Crippen molar-refractivity contribution in [1.29, 1.82) is 0 Å². The van der Waals surface area contributed by atoms with Gasteiger partial charge < -0.3 is 0 Å². The number of allylic oxidation sites excluding steroid dienone is 1. The summed E-state index contributed by atoms with van der Waals surface area (Å²) in [6.45, 7) is 3.60. The second kappa shape index (κ2) is 5.13. The molecule has 0 spiro atoms. The van der Waals surface area contributed by atoms with Crippen LogP contribution in [0.2, 0.25) is 0 Å². The van der Waals surface area contributed by atoms with Gasteiger partial charge in [0.25, 0.3) is 0 Å². The molecule has 0 heterocycles. The second-order valence-electron chi connectivity index (χ2n) is 2.41. The van der Waals surface area contributed by atoms with Crippen LogP contribution in [0.4, 0.5) is 0 Å². The number of carbonyl (C=O) groups is 2. The molecule has 11 heavy (non-hydrogen) atoms. The van der Waals surface area contributed by atoms with Gasteiger partial charge in [0, 0.05) is 5.92 Å². The van der Waals surface area contributed by atoms with E-state index in [0.29, 0.717) is 0 Å². The van der Waals surface area contributed by atoms with E-state index < -0.39 is 0 Å². The predicted molar refractivity (Wildman–Crippen MR) is 47.5 cm³/mol. The number of carbonyl (C=O) groups excluding carboxylic acids is 2. The van der Waals surface area contributed by atoms with Crippen LogP contribution >= 0.6 is 11.8 Å². The van der Waals surface area contributed by atoms with Gasteiger partial charge in [-0.15, -0.1) is 0 Å². The summed E-state index contributed by atoms with van der Waals surface area (Å²) in [5, 5.41) is -0.0843. The fourth-order valence-electron chi connectivity index (χ4n) is 0.411. The van der Waals surface area contributed by atoms with E-state index in [1.54, 1.807) is 20.1 Å². The normalized spacial score (nSPS) is 10.9. The molecule has 0 N–H and O–H groups in total. The first-order valence-corrected chi connectivity index (χ1v) is 4.60. The van der Waals surface area contributed by atoms with Crippen LogP contribution in [-0.4, -0.2) is 17.2 Å². The third-order valence-electron chi connectivity index (χ3n) is 1.15. The Hall–Kier alpha value is -0.570. The van der Waals surface area contributed by atoms with E-state index >= 15 is 0 Å². The van der Waals surface area contributed by atoms with Crippen molar-refractivity contribution in [3.8, 4) is 0 Å². The van der Waals surface area contributed by atoms with Crippen LogP contribution in [0.15, 0.2) is 12.2 Å². The van der Waals surface area contributed by atoms with Crippen LogP contribution in [0.1, 0.15) is 13.8 Å². The Morgan fingerprint density at radius 3 is 2.18 bits per heavy atom. The Balaban J connectivity index is 3.93. The van der Waals surface area contributed by atoms with Gasteiger partial charge in [-0.1, -0.05) is 25.6 Å². The zero-order valence-corrected chi connectivity index (χ0v) is 7.77. The Morgan fingerprint density at radius 1 is 1.27 bits per heavy atom. The highest BCUT2D eigenvalue weighted by Gasteiger charge is 2.02. The lowest BCUT2D eigenvalue weighted by atomic mass is 10.1. The first-order chi connectivity index (χ1) is 5.07. The number of hydrogen-bond donors (Lipinski definition) is 0. The molecule has 0 unspecified atom stereocenters. The van der Waals surface area contributed by atoms with Gasteiger partial charge in [-0.25, -0.2) is 0 Å². The van der Waals surface area contributed by atoms with Crippen LogP contribution < -0.4 is 0 Å². The summed E-state index contributed by atoms with van der Waals surface area (Å²) < 4.78 is 0. The van der Waals surface area contributed by atoms with Gasteiger partial charge in [0.2, 0.25) is 5.12 Å². The van der Waals surface area contributed by atoms with Crippen LogP contribution in [0, 0.1) is 5.92 Å². The van der Waals surface area contributed by atoms with Crippen molar-refractivity contribution < 1.29 is 9.59 Å². The highest BCUT2D eigenvalue weighted by Crippen LogP contribution is 1.99. The number of rotatable bonds is 3. The molecule has 0 aromatic rings. The van der Waals surface area contributed by atoms with Crippen LogP contribution in [-0.2, 0) is 9.59 Å². The molecule has 0 bridgehead atoms. The average molecular weight is 172 g/mol. The van der Waals surface area contributed by atoms with Gasteiger partial charge in [0.1, 0.15) is 0 Å². The van der Waals surface area contributed by atoms with E-state index in [1.807, 2.05) is 0 Å². The minimum Gasteiger partial charge on any atom is -0.295 e. The molecule has 3 heteroatoms. The maximum atomic E-state index is 10.9. The molecule has 0 aromatic heterocycles. The van der Waals surface area contributed by atoms with E-state index in [4.69, 9.17) is 0 Å². The summed E-state index contributed by atoms with van der Waals surface area (Å²) in [7, 11) is 0. The van der Waals surface area contributed by atoms with Crippen molar-refractivity contribution in [2.45, 2.75) is 13.8 Å². The van der Waals surface area contributed by atoms with Crippen molar-refractivity contribution in [2.75, 3.05) is 6.26 Å². The SMILES string of the molecule is CSC(=O)/C=C/C(=O)C(C)C. The van der Waals surface area contributed by atoms with E-state index in [-0.39, 0.29) is 16.8 Å². The Labute approximate surface area is 71.1 Å². The van der Waals surface area contributed by atoms with Gasteiger partial charge in [-0.2, -0.15) is 0 Å². The molecule has 0 fully saturated rings. The third-order valence-corrected chi connectivity index (χ3v) is 1.69. The number of ketones is 1. The summed E-state index contributed by atoms with van der Waals surface area (Å²) in [6, 6.07) is 0. The van der Waals surface area contributed by atoms with Crippen molar-refractivity contribution in [2.24, 2.45) is 5.92 Å². The number of hydrogen-bond acceptors (Lipinski definition) is 3. The van der Waals surface area contributed by atoms with Crippen LogP contribution in [0.25, 0.3) is 0 Å². The quantitative estimate of drug-likeness (QED) is 0.607. The monoisotopic (exact) mass is 172 g/mol. The Bertz CT molecular complexity index is 183. The standard InChI is InChI=1S/C8H12O2S/c1-6(2)7(9)4-5-8(10)11-3/h4-6H,1-3H3/b5-4+. The molecule has 0 atom stereocenters. The lowest BCUT2D eigenvalue weighted by Gasteiger charge is -1.94. The molecule has 0 aliphatic rings. The van der Waals surface area contributed by atoms with Gasteiger partial charge in [-0.3, -0.25) is 9.59 Å². The van der Waals surface area contributed by atoms with Crippen molar-refractivity contribution in [3.63, 3.8) is 0 Å². The molecule has 0 rings (SSSR count). The van der Waals surface area contributed by atoms with E-state index in [9.17, 15) is 9.59 Å². The van der Waals surface area contributed by atoms with Crippen molar-refractivity contribution in [1.82, 2.24) is 0 Å². The smallest absolute Gasteiger partial charge is 0.212 e. The number of thioether (sulfide) groups is 1. The molecular formula is C8H12O2S. The summed E-state index contributed by atoms with van der Waals surface area (Å²) in [5.41, 5.74) is 0. The summed E-state index contributed by atoms with van der Waals surface area (Å²) >= 11 is 1.10. The maximum absolute atomic E-state index is 10.9. The zero-order chi connectivity index (χ0) is 8.85. The van der Waals surface area contributed by atoms with Gasteiger partial charge >= 0.3 is 0 Å². The lowest BCUT2D eigenvalue weighted by molar-refractivity contribution is -0.117. The summed E-state index contributed by atoms with van der Waals surface area (Å²) in [6.07, 6.45) is 4.34. The topological polar surface area (TPSA) is 34.1 Å². The minimum atomic E-state index is -0.0843. The highest BCUT2D eigenvalue weighted by molar-refractivity contribution is 8.13. The zero-order valence-electron chi connectivity index (χ0n) is 6.96. The molecular weight excluding hydrogens is 160 g/mol. The Morgan fingerprint density at radius 2 is 1.82 bits per heavy atom. The van der Waals surface area contributed by atoms with Crippen LogP contribution in [0.3, 0.4) is 0 Å².